The molecule has 22 heavy (non-hydrogen) atoms. The van der Waals surface area contributed by atoms with Crippen LogP contribution in [0.5, 0.6) is 0 Å². The molecule has 1 amide bonds. The molecule has 0 aliphatic carbocycles. The van der Waals surface area contributed by atoms with Gasteiger partial charge in [0.2, 0.25) is 0 Å². The van der Waals surface area contributed by atoms with Crippen molar-refractivity contribution in [3.63, 3.8) is 0 Å². The molecule has 2 aromatic rings. The van der Waals surface area contributed by atoms with Gasteiger partial charge in [-0.1, -0.05) is 29.8 Å². The summed E-state index contributed by atoms with van der Waals surface area (Å²) in [5.74, 6) is -0.496. The zero-order valence-corrected chi connectivity index (χ0v) is 13.4. The lowest BCUT2D eigenvalue weighted by atomic mass is 10.2. The third kappa shape index (κ3) is 4.39. The van der Waals surface area contributed by atoms with Crippen LogP contribution >= 0.6 is 11.3 Å². The Hall–Kier alpha value is -2.21. The lowest BCUT2D eigenvalue weighted by molar-refractivity contribution is -0.140. The number of aryl methyl sites for hydroxylation is 1. The van der Waals surface area contributed by atoms with Gasteiger partial charge in [0.05, 0.1) is 7.11 Å². The molecule has 0 fully saturated rings. The molecular weight excluding hydrogens is 300 g/mol. The summed E-state index contributed by atoms with van der Waals surface area (Å²) >= 11 is 1.44. The van der Waals surface area contributed by atoms with Gasteiger partial charge in [0.25, 0.3) is 5.91 Å². The maximum Gasteiger partial charge on any atom is 0.305 e. The first-order valence-corrected chi connectivity index (χ1v) is 7.85. The number of hydrogen-bond acceptors (Lipinski definition) is 5. The number of thiazole rings is 1. The van der Waals surface area contributed by atoms with Gasteiger partial charge in [0, 0.05) is 23.9 Å². The number of hydrogen-bond donors (Lipinski definition) is 1. The smallest absolute Gasteiger partial charge is 0.305 e. The van der Waals surface area contributed by atoms with Gasteiger partial charge in [0.15, 0.2) is 0 Å². The third-order valence-corrected chi connectivity index (χ3v) is 4.00. The number of ether oxygens (including phenoxy) is 1. The molecule has 6 heteroatoms. The Labute approximate surface area is 133 Å². The minimum atomic E-state index is -0.274. The number of nitrogens with one attached hydrogen (secondary N) is 1. The number of benzene rings is 1. The number of esters is 1. The number of carbonyl (C=O) groups excluding carboxylic acids is 2. The second-order valence-electron chi connectivity index (χ2n) is 4.84. The topological polar surface area (TPSA) is 68.3 Å². The molecule has 1 aromatic carbocycles. The number of carbonyl (C=O) groups is 2. The number of nitrogens with zero attached hydrogens (tertiary/aromatic N) is 1. The van der Waals surface area contributed by atoms with E-state index in [2.05, 4.69) is 15.0 Å². The van der Waals surface area contributed by atoms with Crippen molar-refractivity contribution < 1.29 is 14.3 Å². The van der Waals surface area contributed by atoms with Crippen molar-refractivity contribution in [2.24, 2.45) is 0 Å². The molecule has 1 heterocycles. The highest BCUT2D eigenvalue weighted by Gasteiger charge is 2.11. The Balaban J connectivity index is 1.89. The van der Waals surface area contributed by atoms with Gasteiger partial charge in [-0.2, -0.15) is 0 Å². The summed E-state index contributed by atoms with van der Waals surface area (Å²) in [4.78, 5) is 27.3. The Bertz CT molecular complexity index is 650. The fourth-order valence-electron chi connectivity index (χ4n) is 1.83. The molecule has 0 unspecified atom stereocenters. The van der Waals surface area contributed by atoms with Crippen LogP contribution < -0.4 is 5.32 Å². The summed E-state index contributed by atoms with van der Waals surface area (Å²) in [5, 5.41) is 5.31. The van der Waals surface area contributed by atoms with Crippen LogP contribution in [0, 0.1) is 6.92 Å². The highest BCUT2D eigenvalue weighted by molar-refractivity contribution is 7.13. The fraction of sp³-hybridized carbons (Fsp3) is 0.312. The van der Waals surface area contributed by atoms with Crippen molar-refractivity contribution in [2.75, 3.05) is 13.7 Å². The van der Waals surface area contributed by atoms with Crippen LogP contribution in [-0.2, 0) is 9.53 Å². The number of aromatic nitrogens is 1. The summed E-state index contributed by atoms with van der Waals surface area (Å²) in [6, 6.07) is 8.02. The van der Waals surface area contributed by atoms with Gasteiger partial charge in [-0.25, -0.2) is 4.98 Å². The predicted octanol–water partition coefficient (Wildman–Crippen LogP) is 2.80. The predicted molar refractivity (Wildman–Crippen MR) is 85.9 cm³/mol. The SMILES string of the molecule is COC(=O)CCCNC(=O)c1csc(-c2ccc(C)cc2)n1. The highest BCUT2D eigenvalue weighted by Crippen LogP contribution is 2.23. The van der Waals surface area contributed by atoms with E-state index in [1.807, 2.05) is 31.2 Å². The molecule has 0 aliphatic heterocycles. The Kier molecular flexibility index (Phi) is 5.66. The van der Waals surface area contributed by atoms with Crippen LogP contribution in [0.25, 0.3) is 10.6 Å². The van der Waals surface area contributed by atoms with Crippen molar-refractivity contribution in [3.05, 3.63) is 40.9 Å². The van der Waals surface area contributed by atoms with Gasteiger partial charge in [-0.15, -0.1) is 11.3 Å². The molecule has 0 radical (unpaired) electrons. The van der Waals surface area contributed by atoms with Gasteiger partial charge in [-0.3, -0.25) is 9.59 Å². The zero-order chi connectivity index (χ0) is 15.9. The molecule has 0 saturated carbocycles. The normalized spacial score (nSPS) is 10.3. The van der Waals surface area contributed by atoms with E-state index in [4.69, 9.17) is 0 Å². The lowest BCUT2D eigenvalue weighted by Gasteiger charge is -2.02. The van der Waals surface area contributed by atoms with Crippen LogP contribution in [0.4, 0.5) is 0 Å². The standard InChI is InChI=1S/C16H18N2O3S/c1-11-5-7-12(8-6-11)16-18-13(10-22-16)15(20)17-9-3-4-14(19)21-2/h5-8,10H,3-4,9H2,1-2H3,(H,17,20). The molecular formula is C16H18N2O3S. The van der Waals surface area contributed by atoms with Crippen LogP contribution in [0.3, 0.4) is 0 Å². The minimum Gasteiger partial charge on any atom is -0.469 e. The molecule has 0 saturated heterocycles. The molecule has 0 spiro atoms. The van der Waals surface area contributed by atoms with E-state index in [9.17, 15) is 9.59 Å². The maximum absolute atomic E-state index is 12.0. The number of amides is 1. The maximum atomic E-state index is 12.0. The van der Waals surface area contributed by atoms with Gasteiger partial charge in [-0.05, 0) is 13.3 Å². The van der Waals surface area contributed by atoms with E-state index in [0.29, 0.717) is 25.1 Å². The van der Waals surface area contributed by atoms with Gasteiger partial charge in [0.1, 0.15) is 10.7 Å². The van der Waals surface area contributed by atoms with Crippen molar-refractivity contribution in [3.8, 4) is 10.6 Å². The zero-order valence-electron chi connectivity index (χ0n) is 12.6. The molecule has 116 valence electrons. The number of methoxy groups -OCH3 is 1. The van der Waals surface area contributed by atoms with E-state index in [0.717, 1.165) is 10.6 Å². The highest BCUT2D eigenvalue weighted by atomic mass is 32.1. The third-order valence-electron chi connectivity index (χ3n) is 3.11. The molecule has 0 bridgehead atoms. The average Bonchev–Trinajstić information content (AvgIpc) is 3.01. The first-order valence-electron chi connectivity index (χ1n) is 6.97. The first-order chi connectivity index (χ1) is 10.6. The van der Waals surface area contributed by atoms with Crippen molar-refractivity contribution in [1.82, 2.24) is 10.3 Å². The largest absolute Gasteiger partial charge is 0.469 e. The Morgan fingerprint density at radius 3 is 2.68 bits per heavy atom. The minimum absolute atomic E-state index is 0.223. The Morgan fingerprint density at radius 1 is 1.27 bits per heavy atom. The van der Waals surface area contributed by atoms with E-state index in [-0.39, 0.29) is 11.9 Å². The lowest BCUT2D eigenvalue weighted by Crippen LogP contribution is -2.25. The van der Waals surface area contributed by atoms with Gasteiger partial charge < -0.3 is 10.1 Å². The fourth-order valence-corrected chi connectivity index (χ4v) is 2.64. The second kappa shape index (κ2) is 7.70. The van der Waals surface area contributed by atoms with E-state index >= 15 is 0 Å². The monoisotopic (exact) mass is 318 g/mol. The quantitative estimate of drug-likeness (QED) is 0.657. The summed E-state index contributed by atoms with van der Waals surface area (Å²) in [6.45, 7) is 2.45. The van der Waals surface area contributed by atoms with Crippen molar-refractivity contribution in [2.45, 2.75) is 19.8 Å². The van der Waals surface area contributed by atoms with E-state index in [1.54, 1.807) is 5.38 Å². The van der Waals surface area contributed by atoms with Crippen molar-refractivity contribution in [1.29, 1.82) is 0 Å². The summed E-state index contributed by atoms with van der Waals surface area (Å²) < 4.78 is 4.54. The van der Waals surface area contributed by atoms with Crippen LogP contribution in [0.1, 0.15) is 28.9 Å². The Morgan fingerprint density at radius 2 is 2.00 bits per heavy atom. The van der Waals surface area contributed by atoms with Crippen LogP contribution in [0.2, 0.25) is 0 Å². The molecule has 2 rings (SSSR count). The molecule has 5 nitrogen and oxygen atoms in total. The van der Waals surface area contributed by atoms with Crippen LogP contribution in [-0.4, -0.2) is 30.5 Å². The number of rotatable bonds is 6. The molecule has 1 aromatic heterocycles. The van der Waals surface area contributed by atoms with E-state index in [1.165, 1.54) is 24.0 Å². The van der Waals surface area contributed by atoms with Crippen LogP contribution in [0.15, 0.2) is 29.6 Å². The van der Waals surface area contributed by atoms with Crippen molar-refractivity contribution >= 4 is 23.2 Å². The first kappa shape index (κ1) is 16.2. The summed E-state index contributed by atoms with van der Waals surface area (Å²) in [7, 11) is 1.35. The summed E-state index contributed by atoms with van der Waals surface area (Å²) in [5.41, 5.74) is 2.59. The van der Waals surface area contributed by atoms with Gasteiger partial charge >= 0.3 is 5.97 Å². The second-order valence-corrected chi connectivity index (χ2v) is 5.70. The summed E-state index contributed by atoms with van der Waals surface area (Å²) in [6.07, 6.45) is 0.843. The molecule has 1 N–H and O–H groups in total. The molecule has 0 aliphatic rings. The molecule has 0 atom stereocenters. The average molecular weight is 318 g/mol. The van der Waals surface area contributed by atoms with E-state index < -0.39 is 0 Å².